The minimum atomic E-state index is -0.137. The maximum absolute atomic E-state index is 11.7. The van der Waals surface area contributed by atoms with Crippen LogP contribution in [0.2, 0.25) is 0 Å². The number of carbonyl (C=O) groups excluding carboxylic acids is 3. The van der Waals surface area contributed by atoms with Crippen LogP contribution in [0.4, 0.5) is 0 Å². The van der Waals surface area contributed by atoms with Crippen molar-refractivity contribution in [2.24, 2.45) is 0 Å². The fourth-order valence-electron chi connectivity index (χ4n) is 3.80. The first-order chi connectivity index (χ1) is 17.4. The van der Waals surface area contributed by atoms with Gasteiger partial charge in [0, 0.05) is 43.7 Å². The summed E-state index contributed by atoms with van der Waals surface area (Å²) in [6.45, 7) is 13.3. The van der Waals surface area contributed by atoms with E-state index in [0.717, 1.165) is 38.8 Å². The van der Waals surface area contributed by atoms with E-state index in [1.165, 1.54) is 51.4 Å². The van der Waals surface area contributed by atoms with E-state index in [1.807, 2.05) is 18.7 Å². The van der Waals surface area contributed by atoms with Gasteiger partial charge in [0.05, 0.1) is 0 Å². The summed E-state index contributed by atoms with van der Waals surface area (Å²) >= 11 is 0. The van der Waals surface area contributed by atoms with Crippen LogP contribution in [0.3, 0.4) is 0 Å². The second kappa shape index (κ2) is 23.1. The van der Waals surface area contributed by atoms with Gasteiger partial charge in [0.15, 0.2) is 0 Å². The van der Waals surface area contributed by atoms with Crippen molar-refractivity contribution in [1.29, 1.82) is 0 Å². The van der Waals surface area contributed by atoms with Crippen molar-refractivity contribution >= 4 is 17.7 Å². The van der Waals surface area contributed by atoms with Gasteiger partial charge in [-0.1, -0.05) is 78.2 Å². The lowest BCUT2D eigenvalue weighted by Gasteiger charge is -2.18. The Morgan fingerprint density at radius 3 is 1.50 bits per heavy atom. The van der Waals surface area contributed by atoms with Crippen molar-refractivity contribution in [3.8, 4) is 0 Å². The number of nitrogens with one attached hydrogen (secondary N) is 2. The molecule has 1 aromatic rings. The van der Waals surface area contributed by atoms with E-state index in [9.17, 15) is 14.4 Å². The number of nitrogens with zero attached hydrogens (tertiary/aromatic N) is 1. The molecule has 6 heteroatoms. The molecule has 206 valence electrons. The van der Waals surface area contributed by atoms with Crippen LogP contribution in [0.1, 0.15) is 132 Å². The van der Waals surface area contributed by atoms with Gasteiger partial charge in [-0.25, -0.2) is 0 Å². The molecule has 0 heterocycles. The molecular weight excluding hydrogens is 450 g/mol. The minimum Gasteiger partial charge on any atom is -0.352 e. The van der Waals surface area contributed by atoms with Crippen LogP contribution in [0.25, 0.3) is 0 Å². The van der Waals surface area contributed by atoms with Crippen LogP contribution in [0, 0.1) is 0 Å². The van der Waals surface area contributed by atoms with Gasteiger partial charge in [-0.3, -0.25) is 14.4 Å². The van der Waals surface area contributed by atoms with Gasteiger partial charge in [-0.2, -0.15) is 0 Å². The molecule has 0 unspecified atom stereocenters. The summed E-state index contributed by atoms with van der Waals surface area (Å²) in [7, 11) is 0. The third-order valence-electron chi connectivity index (χ3n) is 6.07. The topological polar surface area (TPSA) is 78.5 Å². The zero-order chi connectivity index (χ0) is 27.0. The third-order valence-corrected chi connectivity index (χ3v) is 6.07. The van der Waals surface area contributed by atoms with Crippen molar-refractivity contribution in [3.05, 3.63) is 35.4 Å². The molecule has 0 spiro atoms. The minimum absolute atomic E-state index is 0.137. The number of hydrogen-bond donors (Lipinski definition) is 2. The van der Waals surface area contributed by atoms with Gasteiger partial charge >= 0.3 is 0 Å². The third kappa shape index (κ3) is 16.3. The van der Waals surface area contributed by atoms with Crippen molar-refractivity contribution in [2.75, 3.05) is 26.2 Å². The molecule has 0 aliphatic carbocycles. The fraction of sp³-hybridized carbons (Fsp3) is 0.700. The molecule has 1 rings (SSSR count). The summed E-state index contributed by atoms with van der Waals surface area (Å²) in [5.41, 5.74) is 1.04. The van der Waals surface area contributed by atoms with Gasteiger partial charge in [0.25, 0.3) is 11.8 Å². The van der Waals surface area contributed by atoms with E-state index >= 15 is 0 Å². The molecule has 1 aromatic carbocycles. The summed E-state index contributed by atoms with van der Waals surface area (Å²) in [6.07, 6.45) is 14.4. The molecule has 0 aliphatic rings. The predicted octanol–water partition coefficient (Wildman–Crippen LogP) is 6.74. The van der Waals surface area contributed by atoms with Crippen molar-refractivity contribution in [1.82, 2.24) is 15.5 Å². The first-order valence-corrected chi connectivity index (χ1v) is 14.4. The van der Waals surface area contributed by atoms with Gasteiger partial charge in [-0.05, 0) is 51.3 Å². The maximum Gasteiger partial charge on any atom is 0.251 e. The summed E-state index contributed by atoms with van der Waals surface area (Å²) in [5, 5.41) is 5.57. The lowest BCUT2D eigenvalue weighted by Crippen LogP contribution is -2.30. The Hall–Kier alpha value is -2.37. The summed E-state index contributed by atoms with van der Waals surface area (Å²) in [6, 6.07) is 6.76. The molecule has 0 radical (unpaired) electrons. The largest absolute Gasteiger partial charge is 0.352 e. The molecule has 0 saturated heterocycles. The van der Waals surface area contributed by atoms with E-state index in [4.69, 9.17) is 0 Å². The molecular formula is C30H53N3O3. The molecule has 0 aliphatic heterocycles. The second-order valence-corrected chi connectivity index (χ2v) is 9.24. The summed E-state index contributed by atoms with van der Waals surface area (Å²) in [4.78, 5) is 37.2. The van der Waals surface area contributed by atoms with E-state index in [1.54, 1.807) is 24.3 Å². The summed E-state index contributed by atoms with van der Waals surface area (Å²) < 4.78 is 0. The highest BCUT2D eigenvalue weighted by atomic mass is 16.2. The van der Waals surface area contributed by atoms with Gasteiger partial charge < -0.3 is 15.5 Å². The molecule has 0 fully saturated rings. The zero-order valence-electron chi connectivity index (χ0n) is 23.8. The zero-order valence-corrected chi connectivity index (χ0v) is 23.8. The second-order valence-electron chi connectivity index (χ2n) is 9.24. The lowest BCUT2D eigenvalue weighted by atomic mass is 10.1. The Bertz CT molecular complexity index is 682. The average Bonchev–Trinajstić information content (AvgIpc) is 2.90. The highest BCUT2D eigenvalue weighted by Gasteiger charge is 2.10. The van der Waals surface area contributed by atoms with Crippen LogP contribution in [0.15, 0.2) is 24.3 Å². The quantitative estimate of drug-likeness (QED) is 0.218. The van der Waals surface area contributed by atoms with Crippen LogP contribution in [-0.2, 0) is 4.79 Å². The Labute approximate surface area is 221 Å². The Morgan fingerprint density at radius 1 is 0.639 bits per heavy atom. The number of benzene rings is 1. The van der Waals surface area contributed by atoms with Crippen LogP contribution in [0.5, 0.6) is 0 Å². The summed E-state index contributed by atoms with van der Waals surface area (Å²) in [5.74, 6) is 0.0620. The molecule has 0 atom stereocenters. The highest BCUT2D eigenvalue weighted by molar-refractivity contribution is 5.99. The molecule has 2 N–H and O–H groups in total. The Morgan fingerprint density at radius 2 is 1.08 bits per heavy atom. The van der Waals surface area contributed by atoms with E-state index in [2.05, 4.69) is 31.4 Å². The number of rotatable bonds is 18. The van der Waals surface area contributed by atoms with E-state index in [0.29, 0.717) is 30.1 Å². The number of amides is 3. The first-order valence-electron chi connectivity index (χ1n) is 14.4. The van der Waals surface area contributed by atoms with Crippen LogP contribution < -0.4 is 10.6 Å². The highest BCUT2D eigenvalue weighted by Crippen LogP contribution is 2.11. The normalized spacial score (nSPS) is 10.2. The molecule has 6 nitrogen and oxygen atoms in total. The molecule has 3 amide bonds. The van der Waals surface area contributed by atoms with Gasteiger partial charge in [0.2, 0.25) is 5.91 Å². The fourth-order valence-corrected chi connectivity index (χ4v) is 3.80. The SMILES string of the molecule is CCCCCCCCCCCC(=O)N(CC)CC.CCCNC(=O)c1cccc(C(=O)NCCC)c1. The van der Waals surface area contributed by atoms with Crippen LogP contribution >= 0.6 is 0 Å². The Balaban J connectivity index is 0.000000681. The maximum atomic E-state index is 11.7. The standard InChI is InChI=1S/C16H33NO.C14H20N2O2/c1-4-7-8-9-10-11-12-13-14-15-16(18)17(5-2)6-3;1-3-8-15-13(17)11-6-5-7-12(10-11)14(18)16-9-4-2/h4-15H2,1-3H3;5-7,10H,3-4,8-9H2,1-2H3,(H,15,17)(H,16,18). The van der Waals surface area contributed by atoms with Gasteiger partial charge in [-0.15, -0.1) is 0 Å². The number of unbranched alkanes of at least 4 members (excludes halogenated alkanes) is 8. The van der Waals surface area contributed by atoms with Crippen molar-refractivity contribution in [3.63, 3.8) is 0 Å². The van der Waals surface area contributed by atoms with E-state index < -0.39 is 0 Å². The Kier molecular flexibility index (Phi) is 21.5. The molecule has 0 bridgehead atoms. The number of carbonyl (C=O) groups is 3. The predicted molar refractivity (Wildman–Crippen MR) is 151 cm³/mol. The lowest BCUT2D eigenvalue weighted by molar-refractivity contribution is -0.130. The average molecular weight is 504 g/mol. The monoisotopic (exact) mass is 503 g/mol. The molecule has 0 saturated carbocycles. The molecule has 36 heavy (non-hydrogen) atoms. The van der Waals surface area contributed by atoms with Crippen molar-refractivity contribution < 1.29 is 14.4 Å². The van der Waals surface area contributed by atoms with Gasteiger partial charge in [0.1, 0.15) is 0 Å². The van der Waals surface area contributed by atoms with Crippen molar-refractivity contribution in [2.45, 2.75) is 112 Å². The molecule has 0 aromatic heterocycles. The van der Waals surface area contributed by atoms with E-state index in [-0.39, 0.29) is 11.8 Å². The van der Waals surface area contributed by atoms with Crippen LogP contribution in [-0.4, -0.2) is 48.8 Å². The first kappa shape index (κ1) is 33.6. The smallest absolute Gasteiger partial charge is 0.251 e. The number of hydrogen-bond acceptors (Lipinski definition) is 3.